The Labute approximate surface area is 134 Å². The first-order valence-electron chi connectivity index (χ1n) is 7.33. The van der Waals surface area contributed by atoms with Gasteiger partial charge in [-0.25, -0.2) is 4.39 Å². The largest absolute Gasteiger partial charge is 0.466 e. The van der Waals surface area contributed by atoms with E-state index in [1.165, 1.54) is 24.3 Å². The molecule has 6 nitrogen and oxygen atoms in total. The van der Waals surface area contributed by atoms with Gasteiger partial charge in [0.2, 0.25) is 11.8 Å². The zero-order valence-corrected chi connectivity index (χ0v) is 13.2. The number of carbonyl (C=O) groups is 3. The fourth-order valence-electron chi connectivity index (χ4n) is 2.01. The second-order valence-corrected chi connectivity index (χ2v) is 5.21. The quantitative estimate of drug-likeness (QED) is 0.695. The molecule has 1 aromatic carbocycles. The van der Waals surface area contributed by atoms with Crippen LogP contribution in [0.25, 0.3) is 0 Å². The summed E-state index contributed by atoms with van der Waals surface area (Å²) in [6, 6.07) is 4.49. The Morgan fingerprint density at radius 3 is 2.39 bits per heavy atom. The van der Waals surface area contributed by atoms with Gasteiger partial charge in [0.05, 0.1) is 18.9 Å². The molecule has 7 heteroatoms. The maximum absolute atomic E-state index is 12.8. The second kappa shape index (κ2) is 8.87. The lowest BCUT2D eigenvalue weighted by Crippen LogP contribution is -2.46. The normalized spacial score (nSPS) is 13.0. The number of hydrogen-bond donors (Lipinski definition) is 2. The van der Waals surface area contributed by atoms with Crippen LogP contribution in [0.15, 0.2) is 24.3 Å². The highest BCUT2D eigenvalue weighted by Gasteiger charge is 2.25. The van der Waals surface area contributed by atoms with E-state index in [1.54, 1.807) is 13.8 Å². The van der Waals surface area contributed by atoms with Crippen molar-refractivity contribution in [2.45, 2.75) is 32.7 Å². The Morgan fingerprint density at radius 2 is 1.87 bits per heavy atom. The molecule has 0 bridgehead atoms. The van der Waals surface area contributed by atoms with Crippen molar-refractivity contribution in [1.82, 2.24) is 5.32 Å². The number of nitrogens with two attached hydrogens (primary N) is 1. The molecule has 0 aliphatic rings. The smallest absolute Gasteiger partial charge is 0.308 e. The van der Waals surface area contributed by atoms with E-state index in [2.05, 4.69) is 5.32 Å². The molecule has 126 valence electrons. The van der Waals surface area contributed by atoms with Crippen LogP contribution < -0.4 is 11.1 Å². The van der Waals surface area contributed by atoms with Gasteiger partial charge in [0.25, 0.3) is 0 Å². The lowest BCUT2D eigenvalue weighted by molar-refractivity contribution is -0.148. The number of nitrogens with one attached hydrogen (secondary N) is 1. The van der Waals surface area contributed by atoms with Gasteiger partial charge in [-0.3, -0.25) is 14.4 Å². The first-order chi connectivity index (χ1) is 10.8. The first-order valence-corrected chi connectivity index (χ1v) is 7.33. The molecule has 23 heavy (non-hydrogen) atoms. The third-order valence-electron chi connectivity index (χ3n) is 3.23. The van der Waals surface area contributed by atoms with E-state index in [1.807, 2.05) is 0 Å². The van der Waals surface area contributed by atoms with Crippen molar-refractivity contribution in [2.75, 3.05) is 6.61 Å². The van der Waals surface area contributed by atoms with E-state index in [-0.39, 0.29) is 19.4 Å². The third kappa shape index (κ3) is 6.46. The number of ether oxygens (including phenoxy) is 1. The van der Waals surface area contributed by atoms with Gasteiger partial charge in [-0.1, -0.05) is 19.1 Å². The fraction of sp³-hybridized carbons (Fsp3) is 0.438. The van der Waals surface area contributed by atoms with Crippen LogP contribution in [0.1, 0.15) is 25.8 Å². The Kier molecular flexibility index (Phi) is 7.18. The summed E-state index contributed by atoms with van der Waals surface area (Å²) in [5, 5.41) is 2.49. The van der Waals surface area contributed by atoms with E-state index in [9.17, 15) is 18.8 Å². The molecule has 0 radical (unpaired) electrons. The molecule has 0 heterocycles. The van der Waals surface area contributed by atoms with E-state index in [0.717, 1.165) is 0 Å². The molecule has 1 rings (SSSR count). The van der Waals surface area contributed by atoms with Crippen molar-refractivity contribution in [3.63, 3.8) is 0 Å². The lowest BCUT2D eigenvalue weighted by atomic mass is 10.0. The molecule has 1 aromatic rings. The molecule has 0 aromatic heterocycles. The minimum atomic E-state index is -0.970. The molecule has 0 saturated carbocycles. The van der Waals surface area contributed by atoms with E-state index < -0.39 is 35.6 Å². The minimum Gasteiger partial charge on any atom is -0.466 e. The highest BCUT2D eigenvalue weighted by molar-refractivity contribution is 5.88. The van der Waals surface area contributed by atoms with Crippen molar-refractivity contribution in [3.05, 3.63) is 35.6 Å². The number of esters is 1. The summed E-state index contributed by atoms with van der Waals surface area (Å²) in [5.41, 5.74) is 5.87. The maximum atomic E-state index is 12.8. The van der Waals surface area contributed by atoms with Gasteiger partial charge in [0.1, 0.15) is 11.9 Å². The summed E-state index contributed by atoms with van der Waals surface area (Å²) in [5.74, 6) is -2.58. The topological polar surface area (TPSA) is 98.5 Å². The molecule has 2 atom stereocenters. The van der Waals surface area contributed by atoms with Crippen molar-refractivity contribution in [2.24, 2.45) is 11.7 Å². The molecule has 0 saturated heterocycles. The molecule has 0 fully saturated rings. The Hall–Kier alpha value is -2.44. The number of rotatable bonds is 8. The molecule has 0 unspecified atom stereocenters. The summed E-state index contributed by atoms with van der Waals surface area (Å²) in [6.07, 6.45) is 0.0428. The summed E-state index contributed by atoms with van der Waals surface area (Å²) < 4.78 is 17.7. The summed E-state index contributed by atoms with van der Waals surface area (Å²) >= 11 is 0. The number of hydrogen-bond acceptors (Lipinski definition) is 4. The van der Waals surface area contributed by atoms with Crippen LogP contribution in [-0.2, 0) is 25.5 Å². The minimum absolute atomic E-state index is 0.0160. The Bertz CT molecular complexity index is 560. The van der Waals surface area contributed by atoms with Gasteiger partial charge < -0.3 is 15.8 Å². The Balaban J connectivity index is 2.61. The van der Waals surface area contributed by atoms with Crippen molar-refractivity contribution in [1.29, 1.82) is 0 Å². The molecular formula is C16H21FN2O4. The summed E-state index contributed by atoms with van der Waals surface area (Å²) in [6.45, 7) is 3.52. The molecule has 3 N–H and O–H groups in total. The standard InChI is InChI=1S/C16H21FN2O4/c1-3-23-16(22)10(2)8-13(15(18)21)19-14(20)9-11-4-6-12(17)7-5-11/h4-7,10,13H,3,8-9H2,1-2H3,(H2,18,21)(H,19,20)/t10-,13+/m0/s1. The van der Waals surface area contributed by atoms with Gasteiger partial charge in [0.15, 0.2) is 0 Å². The van der Waals surface area contributed by atoms with Crippen molar-refractivity contribution < 1.29 is 23.5 Å². The highest BCUT2D eigenvalue weighted by atomic mass is 19.1. The van der Waals surface area contributed by atoms with Crippen LogP contribution >= 0.6 is 0 Å². The zero-order valence-electron chi connectivity index (χ0n) is 13.2. The molecule has 0 spiro atoms. The van der Waals surface area contributed by atoms with Crippen LogP contribution in [0.3, 0.4) is 0 Å². The van der Waals surface area contributed by atoms with Crippen LogP contribution in [0.2, 0.25) is 0 Å². The van der Waals surface area contributed by atoms with Crippen molar-refractivity contribution >= 4 is 17.8 Å². The average molecular weight is 324 g/mol. The first kappa shape index (κ1) is 18.6. The Morgan fingerprint density at radius 1 is 1.26 bits per heavy atom. The van der Waals surface area contributed by atoms with Gasteiger partial charge in [0, 0.05) is 0 Å². The predicted octanol–water partition coefficient (Wildman–Crippen LogP) is 0.928. The van der Waals surface area contributed by atoms with E-state index in [4.69, 9.17) is 10.5 Å². The van der Waals surface area contributed by atoms with Crippen molar-refractivity contribution in [3.8, 4) is 0 Å². The molecular weight excluding hydrogens is 303 g/mol. The molecule has 0 aliphatic heterocycles. The third-order valence-corrected chi connectivity index (χ3v) is 3.23. The average Bonchev–Trinajstić information content (AvgIpc) is 2.49. The molecule has 2 amide bonds. The fourth-order valence-corrected chi connectivity index (χ4v) is 2.01. The van der Waals surface area contributed by atoms with Crippen LogP contribution in [0, 0.1) is 11.7 Å². The van der Waals surface area contributed by atoms with Crippen LogP contribution in [0.5, 0.6) is 0 Å². The molecule has 0 aliphatic carbocycles. The number of amides is 2. The lowest BCUT2D eigenvalue weighted by Gasteiger charge is -2.18. The van der Waals surface area contributed by atoms with Gasteiger partial charge in [-0.05, 0) is 31.0 Å². The second-order valence-electron chi connectivity index (χ2n) is 5.21. The summed E-state index contributed by atoms with van der Waals surface area (Å²) in [7, 11) is 0. The van der Waals surface area contributed by atoms with Crippen LogP contribution in [0.4, 0.5) is 4.39 Å². The summed E-state index contributed by atoms with van der Waals surface area (Å²) in [4.78, 5) is 35.0. The monoisotopic (exact) mass is 324 g/mol. The van der Waals surface area contributed by atoms with Gasteiger partial charge in [-0.15, -0.1) is 0 Å². The SMILES string of the molecule is CCOC(=O)[C@@H](C)C[C@@H](NC(=O)Cc1ccc(F)cc1)C(N)=O. The number of primary amides is 1. The number of carbonyl (C=O) groups excluding carboxylic acids is 3. The van der Waals surface area contributed by atoms with Gasteiger partial charge in [-0.2, -0.15) is 0 Å². The number of halogens is 1. The van der Waals surface area contributed by atoms with Gasteiger partial charge >= 0.3 is 5.97 Å². The van der Waals surface area contributed by atoms with Crippen LogP contribution in [-0.4, -0.2) is 30.4 Å². The number of benzene rings is 1. The van der Waals surface area contributed by atoms with E-state index >= 15 is 0 Å². The predicted molar refractivity (Wildman–Crippen MR) is 81.6 cm³/mol. The zero-order chi connectivity index (χ0) is 17.4. The van der Waals surface area contributed by atoms with E-state index in [0.29, 0.717) is 5.56 Å². The maximum Gasteiger partial charge on any atom is 0.308 e. The highest BCUT2D eigenvalue weighted by Crippen LogP contribution is 2.09.